The number of fused-ring (bicyclic) bond motifs is 1. The maximum Gasteiger partial charge on any atom is 0.224 e. The Labute approximate surface area is 143 Å². The topological polar surface area (TPSA) is 67.8 Å². The highest BCUT2D eigenvalue weighted by atomic mass is 35.5. The van der Waals surface area contributed by atoms with Gasteiger partial charge in [0.05, 0.1) is 22.7 Å². The van der Waals surface area contributed by atoms with Gasteiger partial charge in [0.15, 0.2) is 5.82 Å². The van der Waals surface area contributed by atoms with E-state index in [4.69, 9.17) is 23.2 Å². The van der Waals surface area contributed by atoms with Gasteiger partial charge in [-0.15, -0.1) is 0 Å². The first-order valence-electron chi connectivity index (χ1n) is 6.74. The SMILES string of the molecule is CP(C)(=O)c1c(Nc2nc(Cl)ncc2Cl)ccc2cccnc12. The number of halogens is 2. The Hall–Kier alpha value is -1.68. The molecule has 0 bridgehead atoms. The van der Waals surface area contributed by atoms with E-state index < -0.39 is 7.14 Å². The van der Waals surface area contributed by atoms with Crippen molar-refractivity contribution in [1.29, 1.82) is 0 Å². The molecule has 5 nitrogen and oxygen atoms in total. The Morgan fingerprint density at radius 1 is 1.13 bits per heavy atom. The van der Waals surface area contributed by atoms with E-state index in [1.54, 1.807) is 19.5 Å². The molecule has 0 spiro atoms. The van der Waals surface area contributed by atoms with Crippen LogP contribution in [0.4, 0.5) is 11.5 Å². The normalized spacial score (nSPS) is 11.7. The monoisotopic (exact) mass is 366 g/mol. The van der Waals surface area contributed by atoms with Gasteiger partial charge in [0, 0.05) is 11.6 Å². The summed E-state index contributed by atoms with van der Waals surface area (Å²) in [5, 5.41) is 5.07. The third-order valence-corrected chi connectivity index (χ3v) is 5.24. The molecule has 1 aromatic carbocycles. The summed E-state index contributed by atoms with van der Waals surface area (Å²) in [4.78, 5) is 12.3. The van der Waals surface area contributed by atoms with Crippen molar-refractivity contribution < 1.29 is 4.57 Å². The highest BCUT2D eigenvalue weighted by Crippen LogP contribution is 2.41. The minimum Gasteiger partial charge on any atom is -0.338 e. The molecule has 0 saturated heterocycles. The molecule has 0 aliphatic heterocycles. The average molecular weight is 367 g/mol. The zero-order valence-corrected chi connectivity index (χ0v) is 14.8. The second kappa shape index (κ2) is 6.08. The lowest BCUT2D eigenvalue weighted by atomic mass is 10.2. The van der Waals surface area contributed by atoms with Crippen LogP contribution in [-0.4, -0.2) is 28.3 Å². The van der Waals surface area contributed by atoms with Crippen LogP contribution < -0.4 is 10.6 Å². The lowest BCUT2D eigenvalue weighted by Crippen LogP contribution is -2.13. The van der Waals surface area contributed by atoms with E-state index in [0.717, 1.165) is 5.39 Å². The van der Waals surface area contributed by atoms with Gasteiger partial charge in [-0.3, -0.25) is 4.98 Å². The summed E-state index contributed by atoms with van der Waals surface area (Å²) in [6, 6.07) is 7.52. The van der Waals surface area contributed by atoms with Crippen molar-refractivity contribution in [3.05, 3.63) is 47.0 Å². The lowest BCUT2D eigenvalue weighted by molar-refractivity contribution is 0.588. The van der Waals surface area contributed by atoms with Crippen LogP contribution in [-0.2, 0) is 4.57 Å². The number of pyridine rings is 1. The van der Waals surface area contributed by atoms with Gasteiger partial charge in [-0.25, -0.2) is 4.98 Å². The fraction of sp³-hybridized carbons (Fsp3) is 0.133. The summed E-state index contributed by atoms with van der Waals surface area (Å²) in [6.45, 7) is 3.41. The van der Waals surface area contributed by atoms with Gasteiger partial charge >= 0.3 is 0 Å². The lowest BCUT2D eigenvalue weighted by Gasteiger charge is -2.17. The van der Waals surface area contributed by atoms with Crippen LogP contribution in [0.3, 0.4) is 0 Å². The van der Waals surface area contributed by atoms with Crippen molar-refractivity contribution >= 4 is 58.1 Å². The third-order valence-electron chi connectivity index (χ3n) is 3.25. The van der Waals surface area contributed by atoms with Gasteiger partial charge in [0.1, 0.15) is 12.2 Å². The number of hydrogen-bond donors (Lipinski definition) is 1. The zero-order valence-electron chi connectivity index (χ0n) is 12.4. The van der Waals surface area contributed by atoms with E-state index in [1.807, 2.05) is 24.3 Å². The molecule has 23 heavy (non-hydrogen) atoms. The average Bonchev–Trinajstić information content (AvgIpc) is 2.49. The van der Waals surface area contributed by atoms with Crippen LogP contribution in [0.5, 0.6) is 0 Å². The first kappa shape index (κ1) is 16.2. The summed E-state index contributed by atoms with van der Waals surface area (Å²) < 4.78 is 12.8. The predicted molar refractivity (Wildman–Crippen MR) is 96.2 cm³/mol. The molecule has 0 unspecified atom stereocenters. The minimum atomic E-state index is -2.61. The fourth-order valence-electron chi connectivity index (χ4n) is 2.34. The molecular formula is C15H13Cl2N4OP. The van der Waals surface area contributed by atoms with Crippen molar-refractivity contribution in [2.45, 2.75) is 0 Å². The minimum absolute atomic E-state index is 0.0774. The standard InChI is InChI=1S/C15H13Cl2N4OP/c1-23(2,22)13-11(6-5-9-4-3-7-18-12(9)13)20-14-10(16)8-19-15(17)21-14/h3-8H,1-2H3,(H,19,20,21). The molecule has 3 rings (SSSR count). The number of anilines is 2. The van der Waals surface area contributed by atoms with Crippen LogP contribution in [0, 0.1) is 0 Å². The summed E-state index contributed by atoms with van der Waals surface area (Å²) in [5.74, 6) is 0.358. The molecule has 0 saturated carbocycles. The molecular weight excluding hydrogens is 354 g/mol. The van der Waals surface area contributed by atoms with Crippen molar-refractivity contribution in [2.24, 2.45) is 0 Å². The van der Waals surface area contributed by atoms with E-state index in [0.29, 0.717) is 27.3 Å². The first-order valence-corrected chi connectivity index (χ1v) is 10.1. The van der Waals surface area contributed by atoms with Crippen LogP contribution in [0.15, 0.2) is 36.7 Å². The van der Waals surface area contributed by atoms with E-state index >= 15 is 0 Å². The van der Waals surface area contributed by atoms with Crippen LogP contribution in [0.25, 0.3) is 10.9 Å². The molecule has 118 valence electrons. The highest BCUT2D eigenvalue weighted by Gasteiger charge is 2.21. The van der Waals surface area contributed by atoms with Crippen molar-refractivity contribution in [2.75, 3.05) is 18.6 Å². The maximum absolute atomic E-state index is 12.8. The van der Waals surface area contributed by atoms with Crippen LogP contribution in [0.1, 0.15) is 0 Å². The number of hydrogen-bond acceptors (Lipinski definition) is 5. The van der Waals surface area contributed by atoms with Gasteiger partial charge in [0.2, 0.25) is 5.28 Å². The molecule has 2 aromatic heterocycles. The predicted octanol–water partition coefficient (Wildman–Crippen LogP) is 4.32. The number of benzene rings is 1. The molecule has 1 N–H and O–H groups in total. The highest BCUT2D eigenvalue weighted by molar-refractivity contribution is 7.71. The van der Waals surface area contributed by atoms with Crippen molar-refractivity contribution in [1.82, 2.24) is 15.0 Å². The molecule has 0 fully saturated rings. The van der Waals surface area contributed by atoms with Crippen molar-refractivity contribution in [3.63, 3.8) is 0 Å². The maximum atomic E-state index is 12.8. The Morgan fingerprint density at radius 3 is 2.65 bits per heavy atom. The smallest absolute Gasteiger partial charge is 0.224 e. The van der Waals surface area contributed by atoms with Gasteiger partial charge in [-0.05, 0) is 37.1 Å². The van der Waals surface area contributed by atoms with E-state index in [-0.39, 0.29) is 5.28 Å². The molecule has 0 amide bonds. The van der Waals surface area contributed by atoms with Crippen LogP contribution >= 0.6 is 30.3 Å². The Bertz CT molecular complexity index is 942. The fourth-order valence-corrected chi connectivity index (χ4v) is 4.02. The molecule has 8 heteroatoms. The Balaban J connectivity index is 2.21. The third kappa shape index (κ3) is 3.32. The van der Waals surface area contributed by atoms with E-state index in [1.165, 1.54) is 6.20 Å². The van der Waals surface area contributed by atoms with Gasteiger partial charge in [-0.2, -0.15) is 4.98 Å². The summed E-state index contributed by atoms with van der Waals surface area (Å²) in [6.07, 6.45) is 3.09. The quantitative estimate of drug-likeness (QED) is 0.552. The first-order chi connectivity index (χ1) is 10.9. The molecule has 2 heterocycles. The summed E-state index contributed by atoms with van der Waals surface area (Å²) >= 11 is 11.9. The number of rotatable bonds is 3. The van der Waals surface area contributed by atoms with Gasteiger partial charge in [0.25, 0.3) is 0 Å². The van der Waals surface area contributed by atoms with E-state index in [2.05, 4.69) is 20.3 Å². The summed E-state index contributed by atoms with van der Waals surface area (Å²) in [7, 11) is -2.61. The Morgan fingerprint density at radius 2 is 1.91 bits per heavy atom. The number of nitrogens with one attached hydrogen (secondary N) is 1. The number of nitrogens with zero attached hydrogens (tertiary/aromatic N) is 3. The van der Waals surface area contributed by atoms with E-state index in [9.17, 15) is 4.57 Å². The zero-order chi connectivity index (χ0) is 16.6. The number of aromatic nitrogens is 3. The molecule has 0 atom stereocenters. The largest absolute Gasteiger partial charge is 0.338 e. The second-order valence-corrected chi connectivity index (χ2v) is 9.24. The summed E-state index contributed by atoms with van der Waals surface area (Å²) in [5.41, 5.74) is 1.34. The molecule has 3 aromatic rings. The van der Waals surface area contributed by atoms with Crippen molar-refractivity contribution in [3.8, 4) is 0 Å². The van der Waals surface area contributed by atoms with Gasteiger partial charge < -0.3 is 9.88 Å². The second-order valence-electron chi connectivity index (χ2n) is 5.35. The molecule has 0 radical (unpaired) electrons. The van der Waals surface area contributed by atoms with Gasteiger partial charge in [-0.1, -0.05) is 23.7 Å². The van der Waals surface area contributed by atoms with Crippen LogP contribution in [0.2, 0.25) is 10.3 Å². The Kier molecular flexibility index (Phi) is 4.28. The molecule has 0 aliphatic rings. The molecule has 0 aliphatic carbocycles.